The summed E-state index contributed by atoms with van der Waals surface area (Å²) in [5.74, 6) is -1.20. The molecule has 5 atom stereocenters. The Hall–Kier alpha value is -4.65. The van der Waals surface area contributed by atoms with E-state index in [1.165, 1.54) is 29.2 Å². The molecule has 0 spiro atoms. The number of anilines is 2. The van der Waals surface area contributed by atoms with E-state index in [2.05, 4.69) is 49.1 Å². The van der Waals surface area contributed by atoms with Gasteiger partial charge in [-0.05, 0) is 125 Å². The molecule has 14 nitrogen and oxygen atoms in total. The van der Waals surface area contributed by atoms with Crippen LogP contribution >= 0.6 is 40.2 Å². The average molecular weight is 929 g/mol. The summed E-state index contributed by atoms with van der Waals surface area (Å²) in [5, 5.41) is 22.4. The van der Waals surface area contributed by atoms with Crippen molar-refractivity contribution in [1.82, 2.24) is 30.2 Å². The summed E-state index contributed by atoms with van der Waals surface area (Å²) >= 11 is 0. The van der Waals surface area contributed by atoms with Crippen LogP contribution < -0.4 is 27.4 Å². The number of rotatable bonds is 6. The minimum Gasteiger partial charge on any atom is -0.444 e. The highest BCUT2D eigenvalue weighted by Gasteiger charge is 2.44. The van der Waals surface area contributed by atoms with Crippen molar-refractivity contribution in [3.63, 3.8) is 0 Å². The molecule has 62 heavy (non-hydrogen) atoms. The number of aryl methyl sites for hydroxylation is 1. The van der Waals surface area contributed by atoms with Gasteiger partial charge in [-0.3, -0.25) is 19.4 Å². The summed E-state index contributed by atoms with van der Waals surface area (Å²) in [6, 6.07) is 23.2. The molecule has 5 unspecified atom stereocenters. The van der Waals surface area contributed by atoms with Crippen molar-refractivity contribution in [2.45, 2.75) is 50.3 Å². The highest BCUT2D eigenvalue weighted by Crippen LogP contribution is 2.32. The lowest BCUT2D eigenvalue weighted by atomic mass is 9.99. The molecule has 6 aromatic rings. The smallest absolute Gasteiger partial charge is 0.410 e. The molecule has 0 saturated carbocycles. The third kappa shape index (κ3) is 11.5. The molecule has 332 valence electrons. The summed E-state index contributed by atoms with van der Waals surface area (Å²) in [4.78, 5) is 39.3. The van der Waals surface area contributed by atoms with Crippen LogP contribution in [-0.4, -0.2) is 85.6 Å². The van der Waals surface area contributed by atoms with Crippen LogP contribution in [0, 0.1) is 11.6 Å². The number of nitrogens with two attached hydrogens (primary N) is 2. The van der Waals surface area contributed by atoms with Crippen molar-refractivity contribution in [3.8, 4) is 22.5 Å². The van der Waals surface area contributed by atoms with Crippen LogP contribution in [0.2, 0.25) is 0 Å². The quantitative estimate of drug-likeness (QED) is 0.0975. The minimum absolute atomic E-state index is 0. The number of likely N-dealkylation sites (tertiary alicyclic amines) is 1. The number of halogens is 3. The Morgan fingerprint density at radius 2 is 1.35 bits per heavy atom. The van der Waals surface area contributed by atoms with Gasteiger partial charge >= 0.3 is 6.09 Å². The van der Waals surface area contributed by atoms with E-state index in [9.17, 15) is 23.2 Å². The lowest BCUT2D eigenvalue weighted by Crippen LogP contribution is -2.53. The predicted octanol–water partition coefficient (Wildman–Crippen LogP) is 6.79. The first-order valence-electron chi connectivity index (χ1n) is 19.2. The van der Waals surface area contributed by atoms with Crippen molar-refractivity contribution in [3.05, 3.63) is 96.6 Å². The lowest BCUT2D eigenvalue weighted by molar-refractivity contribution is -0.121. The van der Waals surface area contributed by atoms with E-state index >= 15 is 0 Å². The number of aromatic nitrogens is 4. The predicted molar refractivity (Wildman–Crippen MR) is 256 cm³/mol. The first-order chi connectivity index (χ1) is 28.5. The molecule has 2 aliphatic rings. The molecule has 20 heteroatoms. The van der Waals surface area contributed by atoms with Crippen LogP contribution in [0.5, 0.6) is 0 Å². The Labute approximate surface area is 372 Å². The summed E-state index contributed by atoms with van der Waals surface area (Å²) in [5.41, 5.74) is 15.7. The maximum Gasteiger partial charge on any atom is 0.410 e. The number of ether oxygens (including phenoxy) is 1. The van der Waals surface area contributed by atoms with E-state index in [-0.39, 0.29) is 52.3 Å². The first kappa shape index (κ1) is 50.0. The van der Waals surface area contributed by atoms with Crippen LogP contribution in [0.25, 0.3) is 44.3 Å². The van der Waals surface area contributed by atoms with E-state index in [1.807, 2.05) is 31.3 Å². The Kier molecular flexibility index (Phi) is 16.7. The van der Waals surface area contributed by atoms with Gasteiger partial charge in [-0.25, -0.2) is 13.6 Å². The van der Waals surface area contributed by atoms with Crippen molar-refractivity contribution in [2.75, 3.05) is 36.8 Å². The zero-order chi connectivity index (χ0) is 43.4. The van der Waals surface area contributed by atoms with Crippen molar-refractivity contribution >= 4 is 91.3 Å². The van der Waals surface area contributed by atoms with Crippen molar-refractivity contribution in [2.24, 2.45) is 18.5 Å². The number of benzene rings is 4. The standard InChI is InChI=1S/C24H28FN5O3.C18H18FN5O.ClH.H4P2.H3P/c1-23(2,3)33-22(32)30-12-11-24(26,14-30)21(31)27-17-9-10-19-18(13-17)20(28-29(19)4)15-5-7-16(25)8-6-15;19-12-3-1-11(2-4-12)16-14-9-13(5-6-15(14)23-24-16)22-17(25)18(20)7-8-21-10-18;;1-2;/h5-10,13H,11-12,14,26H2,1-4H3,(H,27,31);1-6,9,21H,7-8,10,20H2,(H,22,25)(H,23,24);1H;1-2H2;1H3. The van der Waals surface area contributed by atoms with Crippen molar-refractivity contribution < 1.29 is 27.9 Å². The third-order valence-corrected chi connectivity index (χ3v) is 10.2. The SMILES string of the molecule is Cl.Cn1nc(-c2ccc(F)cc2)c2cc(NC(=O)C3(N)CCN(C(=O)OC(C)(C)C)C3)ccc21.NC1(C(=O)Nc2ccc3[nH]nc(-c4ccc(F)cc4)c3c2)CCNC1.P.PP. The fraction of sp³-hybridized carbons (Fsp3) is 0.310. The fourth-order valence-electron chi connectivity index (χ4n) is 7.00. The zero-order valence-corrected chi connectivity index (χ0v) is 39.5. The molecule has 3 amide bonds. The Morgan fingerprint density at radius 3 is 1.92 bits per heavy atom. The molecule has 8 N–H and O–H groups in total. The molecular formula is C42H54ClF2N10O4P3. The number of H-pyrrole nitrogens is 1. The Morgan fingerprint density at radius 1 is 0.806 bits per heavy atom. The molecule has 0 radical (unpaired) electrons. The number of carbonyl (C=O) groups excluding carboxylic acids is 3. The number of amides is 3. The third-order valence-electron chi connectivity index (χ3n) is 10.2. The van der Waals surface area contributed by atoms with Gasteiger partial charge in [0.05, 0.1) is 23.3 Å². The molecule has 0 aliphatic carbocycles. The van der Waals surface area contributed by atoms with Gasteiger partial charge in [-0.15, -0.1) is 30.3 Å². The van der Waals surface area contributed by atoms with Crippen molar-refractivity contribution in [1.29, 1.82) is 0 Å². The van der Waals surface area contributed by atoms with E-state index in [4.69, 9.17) is 16.2 Å². The number of fused-ring (bicyclic) bond motifs is 2. The number of nitrogens with one attached hydrogen (secondary N) is 4. The summed E-state index contributed by atoms with van der Waals surface area (Å²) in [7, 11) is 6.49. The van der Waals surface area contributed by atoms with Crippen LogP contribution in [0.1, 0.15) is 33.6 Å². The van der Waals surface area contributed by atoms with Gasteiger partial charge in [-0.1, -0.05) is 0 Å². The molecular weight excluding hydrogens is 875 g/mol. The maximum atomic E-state index is 13.4. The molecule has 2 aliphatic heterocycles. The van der Waals surface area contributed by atoms with E-state index in [0.717, 1.165) is 39.5 Å². The zero-order valence-electron chi connectivity index (χ0n) is 34.9. The largest absolute Gasteiger partial charge is 0.444 e. The highest BCUT2D eigenvalue weighted by molar-refractivity contribution is 7.92. The number of aromatic amines is 1. The second-order valence-corrected chi connectivity index (χ2v) is 15.8. The monoisotopic (exact) mass is 928 g/mol. The van der Waals surface area contributed by atoms with E-state index in [0.29, 0.717) is 48.7 Å². The maximum absolute atomic E-state index is 13.4. The van der Waals surface area contributed by atoms with Gasteiger partial charge in [-0.2, -0.15) is 20.1 Å². The molecule has 0 bridgehead atoms. The number of hydrogen-bond donors (Lipinski definition) is 6. The average Bonchev–Trinajstić information content (AvgIpc) is 4.02. The van der Waals surface area contributed by atoms with E-state index in [1.54, 1.807) is 61.9 Å². The molecule has 8 rings (SSSR count). The highest BCUT2D eigenvalue weighted by atomic mass is 35.5. The van der Waals surface area contributed by atoms with Crippen LogP contribution in [0.4, 0.5) is 25.0 Å². The van der Waals surface area contributed by atoms with Gasteiger partial charge in [0.15, 0.2) is 0 Å². The van der Waals surface area contributed by atoms with E-state index < -0.39 is 22.8 Å². The summed E-state index contributed by atoms with van der Waals surface area (Å²) in [6.07, 6.45) is 0.449. The minimum atomic E-state index is -1.22. The molecule has 4 aromatic carbocycles. The Bertz CT molecular complexity index is 2510. The lowest BCUT2D eigenvalue weighted by Gasteiger charge is -2.26. The number of carbonyl (C=O) groups is 3. The second-order valence-electron chi connectivity index (χ2n) is 15.8. The summed E-state index contributed by atoms with van der Waals surface area (Å²) in [6.45, 7) is 6.99. The van der Waals surface area contributed by atoms with Gasteiger partial charge in [0.25, 0.3) is 0 Å². The molecule has 4 heterocycles. The van der Waals surface area contributed by atoms with Gasteiger partial charge in [0.1, 0.15) is 34.0 Å². The number of hydrogen-bond acceptors (Lipinski definition) is 9. The van der Waals surface area contributed by atoms with Crippen LogP contribution in [0.3, 0.4) is 0 Å². The topological polar surface area (TPSA) is 198 Å². The van der Waals surface area contributed by atoms with Crippen LogP contribution in [-0.2, 0) is 21.4 Å². The fourth-order valence-corrected chi connectivity index (χ4v) is 7.00. The molecule has 2 aromatic heterocycles. The van der Waals surface area contributed by atoms with Gasteiger partial charge in [0.2, 0.25) is 11.8 Å². The molecule has 2 saturated heterocycles. The molecule has 2 fully saturated rings. The van der Waals surface area contributed by atoms with Crippen LogP contribution in [0.15, 0.2) is 84.9 Å². The summed E-state index contributed by atoms with van der Waals surface area (Å²) < 4.78 is 33.6. The Balaban J connectivity index is 0.000000262. The van der Waals surface area contributed by atoms with Gasteiger partial charge < -0.3 is 37.1 Å². The normalized spacial score (nSPS) is 18.1. The number of nitrogens with zero attached hydrogens (tertiary/aromatic N) is 4. The second kappa shape index (κ2) is 20.7. The first-order valence-corrected chi connectivity index (χ1v) is 21.9. The van der Waals surface area contributed by atoms with Gasteiger partial charge in [0, 0.05) is 53.4 Å².